The molecule has 0 aliphatic rings. The Bertz CT molecular complexity index is 237. The second kappa shape index (κ2) is 7.22. The number of carbonyl (C=O) groups is 2. The number of hydrogen-bond donors (Lipinski definition) is 2. The Balaban J connectivity index is 4.54. The molecule has 0 aromatic carbocycles. The monoisotopic (exact) mass is 230 g/mol. The maximum Gasteiger partial charge on any atom is 0.307 e. The lowest BCUT2D eigenvalue weighted by Crippen LogP contribution is -2.49. The first-order valence-electron chi connectivity index (χ1n) is 5.61. The van der Waals surface area contributed by atoms with Gasteiger partial charge in [-0.05, 0) is 12.8 Å². The van der Waals surface area contributed by atoms with Crippen LogP contribution >= 0.6 is 0 Å². The number of hydrogen-bond acceptors (Lipinski definition) is 4. The van der Waals surface area contributed by atoms with E-state index < -0.39 is 5.54 Å². The summed E-state index contributed by atoms with van der Waals surface area (Å²) >= 11 is 0. The van der Waals surface area contributed by atoms with Crippen LogP contribution in [-0.4, -0.2) is 31.1 Å². The van der Waals surface area contributed by atoms with Crippen LogP contribution < -0.4 is 11.1 Å². The lowest BCUT2D eigenvalue weighted by Gasteiger charge is -2.31. The zero-order valence-corrected chi connectivity index (χ0v) is 10.3. The molecule has 0 aliphatic carbocycles. The second-order valence-electron chi connectivity index (χ2n) is 3.83. The zero-order valence-electron chi connectivity index (χ0n) is 10.3. The van der Waals surface area contributed by atoms with Crippen molar-refractivity contribution < 1.29 is 14.3 Å². The molecule has 0 heterocycles. The number of nitrogens with one attached hydrogen (secondary N) is 1. The Morgan fingerprint density at radius 1 is 1.31 bits per heavy atom. The van der Waals surface area contributed by atoms with Gasteiger partial charge in [0.2, 0.25) is 5.91 Å². The van der Waals surface area contributed by atoms with Crippen molar-refractivity contribution in [2.75, 3.05) is 13.7 Å². The summed E-state index contributed by atoms with van der Waals surface area (Å²) in [6, 6.07) is 0. The maximum absolute atomic E-state index is 11.5. The quantitative estimate of drug-likeness (QED) is 0.627. The van der Waals surface area contributed by atoms with Gasteiger partial charge in [-0.15, -0.1) is 0 Å². The first kappa shape index (κ1) is 14.9. The average molecular weight is 230 g/mol. The molecule has 0 radical (unpaired) electrons. The minimum Gasteiger partial charge on any atom is -0.469 e. The lowest BCUT2D eigenvalue weighted by atomic mass is 9.88. The fourth-order valence-corrected chi connectivity index (χ4v) is 1.56. The third kappa shape index (κ3) is 4.61. The molecular weight excluding hydrogens is 208 g/mol. The van der Waals surface area contributed by atoms with Crippen molar-refractivity contribution in [2.24, 2.45) is 5.73 Å². The highest BCUT2D eigenvalue weighted by Gasteiger charge is 2.31. The molecule has 0 atom stereocenters. The van der Waals surface area contributed by atoms with Crippen molar-refractivity contribution in [2.45, 2.75) is 45.1 Å². The Labute approximate surface area is 96.7 Å². The number of amides is 1. The molecule has 0 unspecified atom stereocenters. The van der Waals surface area contributed by atoms with Gasteiger partial charge in [0.15, 0.2) is 0 Å². The maximum atomic E-state index is 11.5. The molecule has 94 valence electrons. The fraction of sp³-hybridized carbons (Fsp3) is 0.818. The molecule has 16 heavy (non-hydrogen) atoms. The van der Waals surface area contributed by atoms with E-state index in [1.54, 1.807) is 0 Å². The molecule has 5 nitrogen and oxygen atoms in total. The molecule has 0 aromatic heterocycles. The van der Waals surface area contributed by atoms with Crippen molar-refractivity contribution in [3.63, 3.8) is 0 Å². The second-order valence-corrected chi connectivity index (χ2v) is 3.83. The van der Waals surface area contributed by atoms with Crippen molar-refractivity contribution in [1.82, 2.24) is 5.32 Å². The lowest BCUT2D eigenvalue weighted by molar-refractivity contribution is -0.142. The smallest absolute Gasteiger partial charge is 0.307 e. The molecule has 3 N–H and O–H groups in total. The number of esters is 1. The Morgan fingerprint density at radius 3 is 2.25 bits per heavy atom. The molecule has 0 bridgehead atoms. The number of nitrogens with two attached hydrogens (primary N) is 1. The number of methoxy groups -OCH3 is 1. The zero-order chi connectivity index (χ0) is 12.6. The molecule has 0 saturated heterocycles. The van der Waals surface area contributed by atoms with Gasteiger partial charge in [-0.2, -0.15) is 0 Å². The standard InChI is InChI=1S/C11H22N2O3/c1-4-11(5-2,8-10(15)16-3)13-9(14)6-7-12/h4-8,12H2,1-3H3,(H,13,14). The third-order valence-electron chi connectivity index (χ3n) is 2.84. The first-order valence-corrected chi connectivity index (χ1v) is 5.61. The average Bonchev–Trinajstić information content (AvgIpc) is 2.28. The van der Waals surface area contributed by atoms with Gasteiger partial charge in [0.25, 0.3) is 0 Å². The van der Waals surface area contributed by atoms with Gasteiger partial charge in [0, 0.05) is 18.5 Å². The highest BCUT2D eigenvalue weighted by Crippen LogP contribution is 2.20. The van der Waals surface area contributed by atoms with Gasteiger partial charge in [-0.3, -0.25) is 9.59 Å². The highest BCUT2D eigenvalue weighted by molar-refractivity contribution is 5.78. The van der Waals surface area contributed by atoms with Crippen LogP contribution in [0.25, 0.3) is 0 Å². The van der Waals surface area contributed by atoms with E-state index in [-0.39, 0.29) is 24.7 Å². The highest BCUT2D eigenvalue weighted by atomic mass is 16.5. The molecular formula is C11H22N2O3. The van der Waals surface area contributed by atoms with Crippen LogP contribution in [0.1, 0.15) is 39.5 Å². The molecule has 0 aliphatic heterocycles. The van der Waals surface area contributed by atoms with E-state index in [2.05, 4.69) is 10.1 Å². The Morgan fingerprint density at radius 2 is 1.88 bits per heavy atom. The van der Waals surface area contributed by atoms with Gasteiger partial charge in [-0.1, -0.05) is 13.8 Å². The van der Waals surface area contributed by atoms with Gasteiger partial charge < -0.3 is 15.8 Å². The third-order valence-corrected chi connectivity index (χ3v) is 2.84. The Kier molecular flexibility index (Phi) is 6.72. The molecule has 0 saturated carbocycles. The van der Waals surface area contributed by atoms with Crippen LogP contribution in [0.4, 0.5) is 0 Å². The summed E-state index contributed by atoms with van der Waals surface area (Å²) in [6.45, 7) is 4.19. The Hall–Kier alpha value is -1.10. The summed E-state index contributed by atoms with van der Waals surface area (Å²) in [5.41, 5.74) is 4.81. The SMILES string of the molecule is CCC(CC)(CC(=O)OC)NC(=O)CCN. The molecule has 0 aromatic rings. The predicted molar refractivity (Wildman–Crippen MR) is 61.8 cm³/mol. The van der Waals surface area contributed by atoms with Gasteiger partial charge in [0.1, 0.15) is 0 Å². The molecule has 0 spiro atoms. The summed E-state index contributed by atoms with van der Waals surface area (Å²) in [6.07, 6.45) is 1.86. The normalized spacial score (nSPS) is 11.0. The number of rotatable bonds is 7. The van der Waals surface area contributed by atoms with E-state index in [0.29, 0.717) is 19.4 Å². The van der Waals surface area contributed by atoms with Crippen LogP contribution in [0.5, 0.6) is 0 Å². The molecule has 0 rings (SSSR count). The van der Waals surface area contributed by atoms with Crippen molar-refractivity contribution >= 4 is 11.9 Å². The van der Waals surface area contributed by atoms with Gasteiger partial charge >= 0.3 is 5.97 Å². The van der Waals surface area contributed by atoms with Crippen LogP contribution in [-0.2, 0) is 14.3 Å². The van der Waals surface area contributed by atoms with Crippen molar-refractivity contribution in [3.8, 4) is 0 Å². The molecule has 0 fully saturated rings. The van der Waals surface area contributed by atoms with Crippen molar-refractivity contribution in [3.05, 3.63) is 0 Å². The van der Waals surface area contributed by atoms with Crippen LogP contribution in [0, 0.1) is 0 Å². The first-order chi connectivity index (χ1) is 7.53. The van der Waals surface area contributed by atoms with E-state index in [4.69, 9.17) is 5.73 Å². The summed E-state index contributed by atoms with van der Waals surface area (Å²) in [4.78, 5) is 22.8. The number of carbonyl (C=O) groups excluding carboxylic acids is 2. The summed E-state index contributed by atoms with van der Waals surface area (Å²) in [5.74, 6) is -0.424. The van der Waals surface area contributed by atoms with E-state index in [9.17, 15) is 9.59 Å². The van der Waals surface area contributed by atoms with Crippen LogP contribution in [0.15, 0.2) is 0 Å². The minimum atomic E-state index is -0.501. The van der Waals surface area contributed by atoms with Crippen LogP contribution in [0.3, 0.4) is 0 Å². The van der Waals surface area contributed by atoms with E-state index in [0.717, 1.165) is 0 Å². The fourth-order valence-electron chi connectivity index (χ4n) is 1.56. The van der Waals surface area contributed by atoms with Gasteiger partial charge in [-0.25, -0.2) is 0 Å². The van der Waals surface area contributed by atoms with E-state index in [1.807, 2.05) is 13.8 Å². The van der Waals surface area contributed by atoms with E-state index >= 15 is 0 Å². The largest absolute Gasteiger partial charge is 0.469 e. The van der Waals surface area contributed by atoms with E-state index in [1.165, 1.54) is 7.11 Å². The van der Waals surface area contributed by atoms with Gasteiger partial charge in [0.05, 0.1) is 13.5 Å². The minimum absolute atomic E-state index is 0.116. The summed E-state index contributed by atoms with van der Waals surface area (Å²) in [7, 11) is 1.35. The predicted octanol–water partition coefficient (Wildman–Crippen LogP) is 0.573. The van der Waals surface area contributed by atoms with Crippen LogP contribution in [0.2, 0.25) is 0 Å². The summed E-state index contributed by atoms with van der Waals surface area (Å²) < 4.78 is 4.64. The van der Waals surface area contributed by atoms with Crippen molar-refractivity contribution in [1.29, 1.82) is 0 Å². The molecule has 5 heteroatoms. The topological polar surface area (TPSA) is 81.4 Å². The molecule has 1 amide bonds. The summed E-state index contributed by atoms with van der Waals surface area (Å²) in [5, 5.41) is 2.88. The number of ether oxygens (including phenoxy) is 1.